The van der Waals surface area contributed by atoms with Crippen molar-refractivity contribution in [2.45, 2.75) is 25.8 Å². The summed E-state index contributed by atoms with van der Waals surface area (Å²) in [7, 11) is 0. The van der Waals surface area contributed by atoms with Crippen LogP contribution in [0.4, 0.5) is 0 Å². The molecule has 2 rings (SSSR count). The van der Waals surface area contributed by atoms with Gasteiger partial charge in [-0.25, -0.2) is 0 Å². The van der Waals surface area contributed by atoms with Gasteiger partial charge in [0.15, 0.2) is 0 Å². The molecule has 0 amide bonds. The molecule has 1 aromatic heterocycles. The Kier molecular flexibility index (Phi) is 4.66. The first kappa shape index (κ1) is 13.4. The molecule has 0 aliphatic rings. The summed E-state index contributed by atoms with van der Waals surface area (Å²) in [6, 6.07) is 6.14. The number of hydrogen-bond donors (Lipinski definition) is 2. The third-order valence-corrected chi connectivity index (χ3v) is 2.97. The fourth-order valence-corrected chi connectivity index (χ4v) is 1.93. The lowest BCUT2D eigenvalue weighted by Gasteiger charge is -2.06. The van der Waals surface area contributed by atoms with Crippen LogP contribution in [-0.4, -0.2) is 11.0 Å². The normalized spacial score (nSPS) is 12.4. The fraction of sp³-hybridized carbons (Fsp3) is 0.333. The molecule has 4 heteroatoms. The van der Waals surface area contributed by atoms with Crippen LogP contribution in [0.3, 0.4) is 0 Å². The summed E-state index contributed by atoms with van der Waals surface area (Å²) in [5.41, 5.74) is 8.30. The van der Waals surface area contributed by atoms with Gasteiger partial charge in [0.2, 0.25) is 0 Å². The highest BCUT2D eigenvalue weighted by atomic mass is 35.5. The van der Waals surface area contributed by atoms with E-state index < -0.39 is 0 Å². The van der Waals surface area contributed by atoms with Crippen LogP contribution in [0.1, 0.15) is 18.9 Å². The summed E-state index contributed by atoms with van der Waals surface area (Å²) < 4.78 is 0. The van der Waals surface area contributed by atoms with E-state index >= 15 is 0 Å². The van der Waals surface area contributed by atoms with Crippen molar-refractivity contribution in [2.24, 2.45) is 5.73 Å². The molecule has 3 N–H and O–H groups in total. The third kappa shape index (κ3) is 2.70. The predicted octanol–water partition coefficient (Wildman–Crippen LogP) is 3.52. The minimum absolute atomic E-state index is 0. The molecule has 2 aromatic rings. The monoisotopic (exact) mass is 258 g/mol. The van der Waals surface area contributed by atoms with Crippen molar-refractivity contribution in [1.82, 2.24) is 4.98 Å². The first-order chi connectivity index (χ1) is 7.20. The van der Waals surface area contributed by atoms with E-state index in [1.165, 1.54) is 10.9 Å². The van der Waals surface area contributed by atoms with Crippen molar-refractivity contribution in [3.05, 3.63) is 35.0 Å². The van der Waals surface area contributed by atoms with Crippen LogP contribution < -0.4 is 5.73 Å². The SMILES string of the molecule is CCC(N)Cc1c[nH]c2cc(Cl)ccc12.Cl. The zero-order valence-electron chi connectivity index (χ0n) is 9.16. The van der Waals surface area contributed by atoms with Crippen molar-refractivity contribution in [1.29, 1.82) is 0 Å². The van der Waals surface area contributed by atoms with Crippen LogP contribution in [0.25, 0.3) is 10.9 Å². The number of benzene rings is 1. The Bertz CT molecular complexity index is 465. The van der Waals surface area contributed by atoms with E-state index in [1.54, 1.807) is 0 Å². The zero-order chi connectivity index (χ0) is 10.8. The summed E-state index contributed by atoms with van der Waals surface area (Å²) in [6.07, 6.45) is 3.94. The van der Waals surface area contributed by atoms with E-state index in [0.717, 1.165) is 23.4 Å². The molecule has 2 nitrogen and oxygen atoms in total. The highest BCUT2D eigenvalue weighted by molar-refractivity contribution is 6.31. The zero-order valence-corrected chi connectivity index (χ0v) is 10.7. The van der Waals surface area contributed by atoms with Gasteiger partial charge in [0.1, 0.15) is 0 Å². The second-order valence-electron chi connectivity index (χ2n) is 3.88. The summed E-state index contributed by atoms with van der Waals surface area (Å²) in [4.78, 5) is 3.22. The van der Waals surface area contributed by atoms with Crippen molar-refractivity contribution >= 4 is 34.9 Å². The van der Waals surface area contributed by atoms with E-state index in [0.29, 0.717) is 0 Å². The number of nitrogens with two attached hydrogens (primary N) is 1. The number of fused-ring (bicyclic) bond motifs is 1. The van der Waals surface area contributed by atoms with Gasteiger partial charge in [-0.2, -0.15) is 0 Å². The van der Waals surface area contributed by atoms with E-state index in [4.69, 9.17) is 17.3 Å². The maximum Gasteiger partial charge on any atom is 0.0471 e. The first-order valence-corrected chi connectivity index (χ1v) is 5.59. The fourth-order valence-electron chi connectivity index (χ4n) is 1.75. The topological polar surface area (TPSA) is 41.8 Å². The first-order valence-electron chi connectivity index (χ1n) is 5.21. The van der Waals surface area contributed by atoms with Crippen LogP contribution in [-0.2, 0) is 6.42 Å². The Labute approximate surface area is 107 Å². The van der Waals surface area contributed by atoms with Gasteiger partial charge in [-0.3, -0.25) is 0 Å². The molecule has 1 heterocycles. The minimum Gasteiger partial charge on any atom is -0.361 e. The van der Waals surface area contributed by atoms with Gasteiger partial charge < -0.3 is 10.7 Å². The molecule has 16 heavy (non-hydrogen) atoms. The van der Waals surface area contributed by atoms with Gasteiger partial charge in [-0.05, 0) is 30.5 Å². The molecule has 1 aromatic carbocycles. The Morgan fingerprint density at radius 2 is 2.19 bits per heavy atom. The predicted molar refractivity (Wildman–Crippen MR) is 72.5 cm³/mol. The number of aromatic nitrogens is 1. The van der Waals surface area contributed by atoms with E-state index in [2.05, 4.69) is 11.9 Å². The van der Waals surface area contributed by atoms with E-state index in [-0.39, 0.29) is 18.4 Å². The smallest absolute Gasteiger partial charge is 0.0471 e. The number of hydrogen-bond acceptors (Lipinski definition) is 1. The lowest BCUT2D eigenvalue weighted by molar-refractivity contribution is 0.648. The van der Waals surface area contributed by atoms with Gasteiger partial charge >= 0.3 is 0 Å². The molecule has 0 aliphatic heterocycles. The highest BCUT2D eigenvalue weighted by Crippen LogP contribution is 2.22. The Morgan fingerprint density at radius 1 is 1.44 bits per heavy atom. The van der Waals surface area contributed by atoms with Crippen LogP contribution in [0.15, 0.2) is 24.4 Å². The average Bonchev–Trinajstić information content (AvgIpc) is 2.60. The quantitative estimate of drug-likeness (QED) is 0.869. The molecular formula is C12H16Cl2N2. The molecule has 0 saturated carbocycles. The molecule has 1 atom stereocenters. The van der Waals surface area contributed by atoms with Crippen LogP contribution in [0, 0.1) is 0 Å². The van der Waals surface area contributed by atoms with Gasteiger partial charge in [0.25, 0.3) is 0 Å². The lowest BCUT2D eigenvalue weighted by Crippen LogP contribution is -2.21. The Balaban J connectivity index is 0.00000128. The molecule has 0 fully saturated rings. The minimum atomic E-state index is 0. The number of halogens is 2. The van der Waals surface area contributed by atoms with Crippen LogP contribution >= 0.6 is 24.0 Å². The van der Waals surface area contributed by atoms with Gasteiger partial charge in [-0.1, -0.05) is 24.6 Å². The second kappa shape index (κ2) is 5.58. The van der Waals surface area contributed by atoms with Gasteiger partial charge in [0.05, 0.1) is 0 Å². The summed E-state index contributed by atoms with van der Waals surface area (Å²) in [5, 5.41) is 1.99. The number of H-pyrrole nitrogens is 1. The van der Waals surface area contributed by atoms with Crippen LogP contribution in [0.2, 0.25) is 5.02 Å². The van der Waals surface area contributed by atoms with E-state index in [9.17, 15) is 0 Å². The maximum atomic E-state index is 5.95. The van der Waals surface area contributed by atoms with Crippen LogP contribution in [0.5, 0.6) is 0 Å². The van der Waals surface area contributed by atoms with Crippen molar-refractivity contribution in [2.75, 3.05) is 0 Å². The number of aromatic amines is 1. The molecule has 0 spiro atoms. The van der Waals surface area contributed by atoms with Crippen molar-refractivity contribution in [3.63, 3.8) is 0 Å². The molecule has 0 saturated heterocycles. The third-order valence-electron chi connectivity index (χ3n) is 2.74. The molecule has 0 bridgehead atoms. The van der Waals surface area contributed by atoms with Crippen molar-refractivity contribution in [3.8, 4) is 0 Å². The largest absolute Gasteiger partial charge is 0.361 e. The van der Waals surface area contributed by atoms with Gasteiger partial charge in [-0.15, -0.1) is 12.4 Å². The van der Waals surface area contributed by atoms with E-state index in [1.807, 2.05) is 24.4 Å². The van der Waals surface area contributed by atoms with Gasteiger partial charge in [0, 0.05) is 28.2 Å². The van der Waals surface area contributed by atoms with Crippen molar-refractivity contribution < 1.29 is 0 Å². The molecule has 0 aliphatic carbocycles. The number of nitrogens with one attached hydrogen (secondary N) is 1. The highest BCUT2D eigenvalue weighted by Gasteiger charge is 2.07. The summed E-state index contributed by atoms with van der Waals surface area (Å²) in [6.45, 7) is 2.11. The molecule has 1 unspecified atom stereocenters. The molecule has 0 radical (unpaired) electrons. The Hall–Kier alpha value is -0.700. The second-order valence-corrected chi connectivity index (χ2v) is 4.31. The molecule has 88 valence electrons. The molecular weight excluding hydrogens is 243 g/mol. The Morgan fingerprint density at radius 3 is 2.88 bits per heavy atom. The standard InChI is InChI=1S/C12H15ClN2.ClH/c1-2-10(14)5-8-7-15-12-6-9(13)3-4-11(8)12;/h3-4,6-7,10,15H,2,5,14H2,1H3;1H. The summed E-state index contributed by atoms with van der Waals surface area (Å²) in [5.74, 6) is 0. The number of rotatable bonds is 3. The lowest BCUT2D eigenvalue weighted by atomic mass is 10.0. The maximum absolute atomic E-state index is 5.95. The summed E-state index contributed by atoms with van der Waals surface area (Å²) >= 11 is 5.92. The average molecular weight is 259 g/mol.